The molecule has 0 spiro atoms. The number of Topliss-reactive ketones (excluding diaryl/α,β-unsaturated/α-hetero) is 2. The zero-order chi connectivity index (χ0) is 19.9. The van der Waals surface area contributed by atoms with Gasteiger partial charge in [0, 0.05) is 17.5 Å². The molecular weight excluding hydrogens is 354 g/mol. The SMILES string of the molecule is COc1ccc(N(O)C(CC(=O)c2ccccc2)C(=O)c2ccccc2)cc1. The van der Waals surface area contributed by atoms with Crippen molar-refractivity contribution < 1.29 is 19.5 Å². The molecule has 0 fully saturated rings. The van der Waals surface area contributed by atoms with Gasteiger partial charge in [0.05, 0.1) is 12.8 Å². The summed E-state index contributed by atoms with van der Waals surface area (Å²) < 4.78 is 5.13. The number of rotatable bonds is 8. The van der Waals surface area contributed by atoms with Crippen LogP contribution in [0.3, 0.4) is 0 Å². The van der Waals surface area contributed by atoms with Gasteiger partial charge in [-0.15, -0.1) is 0 Å². The van der Waals surface area contributed by atoms with E-state index in [2.05, 4.69) is 0 Å². The second kappa shape index (κ2) is 8.97. The van der Waals surface area contributed by atoms with E-state index in [0.29, 0.717) is 22.6 Å². The number of hydrogen-bond acceptors (Lipinski definition) is 5. The molecule has 0 radical (unpaired) electrons. The first-order chi connectivity index (χ1) is 13.6. The van der Waals surface area contributed by atoms with E-state index in [0.717, 1.165) is 5.06 Å². The minimum Gasteiger partial charge on any atom is -0.497 e. The molecule has 0 aromatic heterocycles. The number of benzene rings is 3. The van der Waals surface area contributed by atoms with Crippen molar-refractivity contribution in [3.63, 3.8) is 0 Å². The van der Waals surface area contributed by atoms with Gasteiger partial charge in [-0.2, -0.15) is 0 Å². The number of anilines is 1. The average molecular weight is 375 g/mol. The fourth-order valence-electron chi connectivity index (χ4n) is 2.92. The molecule has 0 aliphatic rings. The maximum Gasteiger partial charge on any atom is 0.188 e. The van der Waals surface area contributed by atoms with Crippen LogP contribution < -0.4 is 9.80 Å². The predicted molar refractivity (Wildman–Crippen MR) is 107 cm³/mol. The Hall–Kier alpha value is -3.44. The highest BCUT2D eigenvalue weighted by Crippen LogP contribution is 2.23. The molecule has 1 atom stereocenters. The van der Waals surface area contributed by atoms with Crippen molar-refractivity contribution in [1.82, 2.24) is 0 Å². The number of carbonyl (C=O) groups is 2. The van der Waals surface area contributed by atoms with Gasteiger partial charge in [-0.25, -0.2) is 5.06 Å². The van der Waals surface area contributed by atoms with Crippen molar-refractivity contribution in [1.29, 1.82) is 0 Å². The van der Waals surface area contributed by atoms with E-state index in [1.165, 1.54) is 0 Å². The lowest BCUT2D eigenvalue weighted by atomic mass is 9.96. The van der Waals surface area contributed by atoms with Crippen LogP contribution in [0.25, 0.3) is 0 Å². The van der Waals surface area contributed by atoms with Crippen molar-refractivity contribution in [2.45, 2.75) is 12.5 Å². The number of hydrogen-bond donors (Lipinski definition) is 1. The third kappa shape index (κ3) is 4.45. The molecule has 142 valence electrons. The lowest BCUT2D eigenvalue weighted by Crippen LogP contribution is -2.41. The Labute approximate surface area is 163 Å². The Morgan fingerprint density at radius 3 is 1.93 bits per heavy atom. The topological polar surface area (TPSA) is 66.8 Å². The van der Waals surface area contributed by atoms with Gasteiger partial charge < -0.3 is 4.74 Å². The fourth-order valence-corrected chi connectivity index (χ4v) is 2.92. The molecule has 0 amide bonds. The standard InChI is InChI=1S/C23H21NO4/c1-28-20-14-12-19(13-15-20)24(27)21(23(26)18-10-6-3-7-11-18)16-22(25)17-8-4-2-5-9-17/h2-15,21,27H,16H2,1H3. The van der Waals surface area contributed by atoms with Gasteiger partial charge in [0.1, 0.15) is 11.8 Å². The van der Waals surface area contributed by atoms with E-state index in [-0.39, 0.29) is 18.0 Å². The van der Waals surface area contributed by atoms with E-state index in [9.17, 15) is 14.8 Å². The largest absolute Gasteiger partial charge is 0.497 e. The number of hydroxylamine groups is 1. The van der Waals surface area contributed by atoms with E-state index in [4.69, 9.17) is 4.74 Å². The maximum atomic E-state index is 13.1. The summed E-state index contributed by atoms with van der Waals surface area (Å²) >= 11 is 0. The summed E-state index contributed by atoms with van der Waals surface area (Å²) in [5, 5.41) is 11.6. The summed E-state index contributed by atoms with van der Waals surface area (Å²) in [4.78, 5) is 25.8. The van der Waals surface area contributed by atoms with Gasteiger partial charge in [0.15, 0.2) is 11.6 Å². The molecule has 1 N–H and O–H groups in total. The average Bonchev–Trinajstić information content (AvgIpc) is 2.77. The number of nitrogens with zero attached hydrogens (tertiary/aromatic N) is 1. The zero-order valence-corrected chi connectivity index (χ0v) is 15.5. The molecule has 0 heterocycles. The van der Waals surface area contributed by atoms with Gasteiger partial charge >= 0.3 is 0 Å². The Bertz CT molecular complexity index is 924. The number of ketones is 2. The second-order valence-corrected chi connectivity index (χ2v) is 6.28. The molecule has 0 aliphatic heterocycles. The molecule has 3 aromatic carbocycles. The molecule has 0 saturated carbocycles. The van der Waals surface area contributed by atoms with E-state index >= 15 is 0 Å². The lowest BCUT2D eigenvalue weighted by molar-refractivity contribution is 0.0828. The van der Waals surface area contributed by atoms with Crippen molar-refractivity contribution in [3.05, 3.63) is 96.1 Å². The quantitative estimate of drug-likeness (QED) is 0.466. The molecule has 28 heavy (non-hydrogen) atoms. The highest BCUT2D eigenvalue weighted by atomic mass is 16.5. The number of carbonyl (C=O) groups excluding carboxylic acids is 2. The maximum absolute atomic E-state index is 13.1. The highest BCUT2D eigenvalue weighted by Gasteiger charge is 2.29. The van der Waals surface area contributed by atoms with E-state index in [1.54, 1.807) is 86.0 Å². The van der Waals surface area contributed by atoms with Crippen molar-refractivity contribution in [2.75, 3.05) is 12.2 Å². The molecule has 0 saturated heterocycles. The Morgan fingerprint density at radius 1 is 0.857 bits per heavy atom. The first-order valence-electron chi connectivity index (χ1n) is 8.90. The first kappa shape index (κ1) is 19.3. The number of methoxy groups -OCH3 is 1. The normalized spacial score (nSPS) is 11.5. The molecule has 3 rings (SSSR count). The van der Waals surface area contributed by atoms with Crippen LogP contribution in [0, 0.1) is 0 Å². The smallest absolute Gasteiger partial charge is 0.188 e. The van der Waals surface area contributed by atoms with Crippen molar-refractivity contribution in [3.8, 4) is 5.75 Å². The van der Waals surface area contributed by atoms with Gasteiger partial charge in [-0.1, -0.05) is 60.7 Å². The molecule has 5 heteroatoms. The van der Waals surface area contributed by atoms with Crippen LogP contribution in [0.5, 0.6) is 5.75 Å². The molecular formula is C23H21NO4. The Morgan fingerprint density at radius 2 is 1.39 bits per heavy atom. The fraction of sp³-hybridized carbons (Fsp3) is 0.130. The summed E-state index contributed by atoms with van der Waals surface area (Å²) in [7, 11) is 1.55. The second-order valence-electron chi connectivity index (χ2n) is 6.28. The summed E-state index contributed by atoms with van der Waals surface area (Å²) in [5.74, 6) is 0.0779. The summed E-state index contributed by atoms with van der Waals surface area (Å²) in [6, 6.07) is 23.0. The van der Waals surface area contributed by atoms with Crippen LogP contribution in [-0.2, 0) is 0 Å². The van der Waals surface area contributed by atoms with Crippen LogP contribution in [0.1, 0.15) is 27.1 Å². The van der Waals surface area contributed by atoms with E-state index in [1.807, 2.05) is 6.07 Å². The molecule has 1 unspecified atom stereocenters. The predicted octanol–water partition coefficient (Wildman–Crippen LogP) is 4.42. The summed E-state index contributed by atoms with van der Waals surface area (Å²) in [5.41, 5.74) is 1.33. The minimum absolute atomic E-state index is 0.153. The third-order valence-electron chi connectivity index (χ3n) is 4.47. The van der Waals surface area contributed by atoms with Gasteiger partial charge in [-0.3, -0.25) is 14.8 Å². The van der Waals surface area contributed by atoms with Crippen LogP contribution in [0.2, 0.25) is 0 Å². The minimum atomic E-state index is -1.05. The van der Waals surface area contributed by atoms with E-state index < -0.39 is 6.04 Å². The third-order valence-corrected chi connectivity index (χ3v) is 4.47. The molecule has 0 bridgehead atoms. The van der Waals surface area contributed by atoms with Crippen LogP contribution >= 0.6 is 0 Å². The van der Waals surface area contributed by atoms with Crippen molar-refractivity contribution in [2.24, 2.45) is 0 Å². The molecule has 0 aliphatic carbocycles. The summed E-state index contributed by atoms with van der Waals surface area (Å²) in [6.07, 6.45) is -0.153. The molecule has 3 aromatic rings. The van der Waals surface area contributed by atoms with Gasteiger partial charge in [0.2, 0.25) is 0 Å². The first-order valence-corrected chi connectivity index (χ1v) is 8.90. The van der Waals surface area contributed by atoms with Gasteiger partial charge in [-0.05, 0) is 24.3 Å². The zero-order valence-electron chi connectivity index (χ0n) is 15.5. The lowest BCUT2D eigenvalue weighted by Gasteiger charge is -2.26. The van der Waals surface area contributed by atoms with Crippen LogP contribution in [0.15, 0.2) is 84.9 Å². The summed E-state index contributed by atoms with van der Waals surface area (Å²) in [6.45, 7) is 0. The van der Waals surface area contributed by atoms with Crippen LogP contribution in [0.4, 0.5) is 5.69 Å². The van der Waals surface area contributed by atoms with Crippen LogP contribution in [-0.4, -0.2) is 29.9 Å². The van der Waals surface area contributed by atoms with Gasteiger partial charge in [0.25, 0.3) is 0 Å². The monoisotopic (exact) mass is 375 g/mol. The van der Waals surface area contributed by atoms with Crippen molar-refractivity contribution >= 4 is 17.3 Å². The Kier molecular flexibility index (Phi) is 6.19. The Balaban J connectivity index is 1.91. The highest BCUT2D eigenvalue weighted by molar-refractivity contribution is 6.06. The molecule has 5 nitrogen and oxygen atoms in total. The number of ether oxygens (including phenoxy) is 1.